The summed E-state index contributed by atoms with van der Waals surface area (Å²) in [6, 6.07) is 31.6. The molecule has 1 heterocycles. The minimum Gasteiger partial charge on any atom is -0.428 e. The van der Waals surface area contributed by atoms with Crippen molar-refractivity contribution in [3.05, 3.63) is 124 Å². The summed E-state index contributed by atoms with van der Waals surface area (Å²) < 4.78 is 17.1. The van der Waals surface area contributed by atoms with E-state index in [2.05, 4.69) is 42.5 Å². The van der Waals surface area contributed by atoms with Crippen LogP contribution in [0.5, 0.6) is 0 Å². The number of benzene rings is 4. The minimum atomic E-state index is -0.900. The van der Waals surface area contributed by atoms with Gasteiger partial charge in [0.2, 0.25) is 6.79 Å². The van der Waals surface area contributed by atoms with Crippen molar-refractivity contribution in [3.63, 3.8) is 0 Å². The molecule has 1 atom stereocenters. The Bertz CT molecular complexity index is 1690. The largest absolute Gasteiger partial charge is 0.511 e. The smallest absolute Gasteiger partial charge is 0.428 e. The zero-order valence-corrected chi connectivity index (χ0v) is 28.3. The number of carbonyl (C=O) groups is 2. The molecule has 0 bridgehead atoms. The molecular formula is C39H47N3O7+2. The number of quaternary nitrogens is 2. The maximum absolute atomic E-state index is 12.5. The molecule has 1 aliphatic heterocycles. The minimum absolute atomic E-state index is 0.0390. The molecule has 0 N–H and O–H groups in total. The SMILES string of the molecule is C[N+](CCOC(=O)OCOC(=O)CCC[N+]1(Cc2ccc3ccccc3c2)CCCCC1)(Cc1ccccc1)Cc1ccc([N+](=O)[O-])cc1. The number of likely N-dealkylation sites (N-methyl/N-ethyl adjacent to an activating group) is 1. The van der Waals surface area contributed by atoms with Gasteiger partial charge in [-0.3, -0.25) is 14.9 Å². The lowest BCUT2D eigenvalue weighted by Crippen LogP contribution is -2.51. The van der Waals surface area contributed by atoms with Gasteiger partial charge in [0.05, 0.1) is 38.0 Å². The molecule has 4 aromatic carbocycles. The molecule has 258 valence electrons. The Morgan fingerprint density at radius 3 is 2.14 bits per heavy atom. The number of carbonyl (C=O) groups excluding carboxylic acids is 2. The topological polar surface area (TPSA) is 105 Å². The number of nitro groups is 1. The normalized spacial score (nSPS) is 15.2. The van der Waals surface area contributed by atoms with Gasteiger partial charge in [-0.2, -0.15) is 0 Å². The molecule has 1 fully saturated rings. The third-order valence-electron chi connectivity index (χ3n) is 9.48. The molecule has 0 spiro atoms. The van der Waals surface area contributed by atoms with Crippen molar-refractivity contribution < 1.29 is 37.7 Å². The first-order chi connectivity index (χ1) is 23.7. The molecular weight excluding hydrogens is 622 g/mol. The van der Waals surface area contributed by atoms with Crippen LogP contribution in [0, 0.1) is 10.1 Å². The molecule has 4 aromatic rings. The summed E-state index contributed by atoms with van der Waals surface area (Å²) in [5.41, 5.74) is 3.40. The lowest BCUT2D eigenvalue weighted by atomic mass is 10.0. The third-order valence-corrected chi connectivity index (χ3v) is 9.48. The Balaban J connectivity index is 1.04. The zero-order valence-electron chi connectivity index (χ0n) is 28.3. The van der Waals surface area contributed by atoms with Crippen molar-refractivity contribution in [1.29, 1.82) is 0 Å². The zero-order chi connectivity index (χ0) is 34.5. The van der Waals surface area contributed by atoms with Gasteiger partial charge in [-0.25, -0.2) is 4.79 Å². The second-order valence-electron chi connectivity index (χ2n) is 13.5. The first-order valence-corrected chi connectivity index (χ1v) is 17.1. The van der Waals surface area contributed by atoms with Crippen LogP contribution in [0.1, 0.15) is 48.8 Å². The van der Waals surface area contributed by atoms with Gasteiger partial charge >= 0.3 is 12.1 Å². The Labute approximate surface area is 288 Å². The summed E-state index contributed by atoms with van der Waals surface area (Å²) >= 11 is 0. The van der Waals surface area contributed by atoms with Gasteiger partial charge in [-0.15, -0.1) is 0 Å². The Morgan fingerprint density at radius 1 is 0.776 bits per heavy atom. The number of hydrogen-bond donors (Lipinski definition) is 0. The third kappa shape index (κ3) is 10.9. The number of hydrogen-bond acceptors (Lipinski definition) is 7. The van der Waals surface area contributed by atoms with Crippen molar-refractivity contribution >= 4 is 28.6 Å². The van der Waals surface area contributed by atoms with E-state index in [4.69, 9.17) is 14.2 Å². The predicted molar refractivity (Wildman–Crippen MR) is 187 cm³/mol. The highest BCUT2D eigenvalue weighted by Gasteiger charge is 2.30. The maximum Gasteiger partial charge on any atom is 0.511 e. The number of likely N-dealkylation sites (tertiary alicyclic amines) is 1. The number of fused-ring (bicyclic) bond motifs is 1. The van der Waals surface area contributed by atoms with Crippen LogP contribution in [-0.4, -0.2) is 72.6 Å². The lowest BCUT2D eigenvalue weighted by molar-refractivity contribution is -0.945. The number of ether oxygens (including phenoxy) is 3. The van der Waals surface area contributed by atoms with E-state index in [0.717, 1.165) is 41.8 Å². The van der Waals surface area contributed by atoms with E-state index < -0.39 is 23.8 Å². The molecule has 1 saturated heterocycles. The molecule has 1 aliphatic rings. The highest BCUT2D eigenvalue weighted by molar-refractivity contribution is 5.82. The number of nitrogens with zero attached hydrogens (tertiary/aromatic N) is 3. The molecule has 0 aliphatic carbocycles. The molecule has 10 nitrogen and oxygen atoms in total. The van der Waals surface area contributed by atoms with E-state index in [1.54, 1.807) is 12.1 Å². The summed E-state index contributed by atoms with van der Waals surface area (Å²) in [7, 11) is 2.04. The molecule has 0 aromatic heterocycles. The fraction of sp³-hybridized carbons (Fsp3) is 0.385. The summed E-state index contributed by atoms with van der Waals surface area (Å²) in [5, 5.41) is 13.6. The van der Waals surface area contributed by atoms with Crippen molar-refractivity contribution in [3.8, 4) is 0 Å². The van der Waals surface area contributed by atoms with Crippen LogP contribution in [0.4, 0.5) is 10.5 Å². The molecule has 5 rings (SSSR count). The molecule has 1 unspecified atom stereocenters. The molecule has 10 heteroatoms. The second kappa shape index (κ2) is 17.0. The van der Waals surface area contributed by atoms with Crippen LogP contribution in [0.15, 0.2) is 97.1 Å². The van der Waals surface area contributed by atoms with Gasteiger partial charge in [0.1, 0.15) is 32.8 Å². The van der Waals surface area contributed by atoms with E-state index in [-0.39, 0.29) is 18.7 Å². The first-order valence-electron chi connectivity index (χ1n) is 17.1. The van der Waals surface area contributed by atoms with E-state index in [9.17, 15) is 19.7 Å². The second-order valence-corrected chi connectivity index (χ2v) is 13.5. The van der Waals surface area contributed by atoms with Crippen molar-refractivity contribution in [1.82, 2.24) is 0 Å². The van der Waals surface area contributed by atoms with Gasteiger partial charge in [0.15, 0.2) is 0 Å². The van der Waals surface area contributed by atoms with Gasteiger partial charge in [0, 0.05) is 35.2 Å². The van der Waals surface area contributed by atoms with Crippen molar-refractivity contribution in [2.75, 3.05) is 46.6 Å². The van der Waals surface area contributed by atoms with Gasteiger partial charge in [-0.05, 0) is 48.2 Å². The lowest BCUT2D eigenvalue weighted by Gasteiger charge is -2.42. The number of non-ortho nitro benzene ring substituents is 1. The van der Waals surface area contributed by atoms with E-state index in [1.807, 2.05) is 37.4 Å². The summed E-state index contributed by atoms with van der Waals surface area (Å²) in [5.74, 6) is -0.399. The standard InChI is InChI=1S/C39H47N3O7/c1-41(28-32-11-4-2-5-12-32,29-33-17-20-37(21-18-33)40(45)46)25-26-47-39(44)49-31-48-38(43)15-10-24-42(22-8-3-9-23-42)30-34-16-19-35-13-6-7-14-36(35)27-34/h2,4-7,11-14,16-21,27H,3,8-10,15,22-26,28-31H2,1H3/q+2. The van der Waals surface area contributed by atoms with Crippen LogP contribution in [0.25, 0.3) is 10.8 Å². The average Bonchev–Trinajstić information content (AvgIpc) is 3.09. The first kappa shape index (κ1) is 35.5. The highest BCUT2D eigenvalue weighted by Crippen LogP contribution is 2.26. The van der Waals surface area contributed by atoms with Crippen molar-refractivity contribution in [2.45, 2.75) is 51.7 Å². The van der Waals surface area contributed by atoms with Crippen LogP contribution < -0.4 is 0 Å². The highest BCUT2D eigenvalue weighted by atomic mass is 16.8. The average molecular weight is 670 g/mol. The molecule has 0 saturated carbocycles. The monoisotopic (exact) mass is 669 g/mol. The molecule has 0 radical (unpaired) electrons. The fourth-order valence-electron chi connectivity index (χ4n) is 6.94. The Kier molecular flexibility index (Phi) is 12.3. The molecule has 49 heavy (non-hydrogen) atoms. The Morgan fingerprint density at radius 2 is 1.43 bits per heavy atom. The van der Waals surface area contributed by atoms with Gasteiger partial charge in [0.25, 0.3) is 5.69 Å². The van der Waals surface area contributed by atoms with Crippen LogP contribution in [0.3, 0.4) is 0 Å². The summed E-state index contributed by atoms with van der Waals surface area (Å²) in [4.78, 5) is 35.5. The number of piperidine rings is 1. The van der Waals surface area contributed by atoms with E-state index >= 15 is 0 Å². The number of esters is 1. The summed E-state index contributed by atoms with van der Waals surface area (Å²) in [6.45, 7) is 5.35. The fourth-order valence-corrected chi connectivity index (χ4v) is 6.94. The number of rotatable bonds is 16. The summed E-state index contributed by atoms with van der Waals surface area (Å²) in [6.07, 6.45) is 3.68. The predicted octanol–water partition coefficient (Wildman–Crippen LogP) is 7.53. The van der Waals surface area contributed by atoms with E-state index in [0.29, 0.717) is 30.5 Å². The quantitative estimate of drug-likeness (QED) is 0.0399. The van der Waals surface area contributed by atoms with Crippen LogP contribution in [0.2, 0.25) is 0 Å². The molecule has 0 amide bonds. The van der Waals surface area contributed by atoms with Crippen LogP contribution in [-0.2, 0) is 38.6 Å². The maximum atomic E-state index is 12.5. The van der Waals surface area contributed by atoms with Gasteiger partial charge < -0.3 is 23.2 Å². The van der Waals surface area contributed by atoms with Crippen molar-refractivity contribution in [2.24, 2.45) is 0 Å². The van der Waals surface area contributed by atoms with Gasteiger partial charge in [-0.1, -0.05) is 66.7 Å². The van der Waals surface area contributed by atoms with E-state index in [1.165, 1.54) is 47.7 Å². The Hall–Kier alpha value is -4.80. The number of nitro benzene ring substituents is 1. The van der Waals surface area contributed by atoms with Crippen LogP contribution >= 0.6 is 0 Å².